The third kappa shape index (κ3) is 2.79. The molecule has 0 rings (SSSR count). The predicted molar refractivity (Wildman–Crippen MR) is 35.9 cm³/mol. The molecule has 0 spiro atoms. The Balaban J connectivity index is 5.61. The lowest BCUT2D eigenvalue weighted by atomic mass is 10.0. The molecule has 0 heterocycles. The molecule has 0 saturated carbocycles. The van der Waals surface area contributed by atoms with E-state index in [1.807, 2.05) is 0 Å². The van der Waals surface area contributed by atoms with Crippen LogP contribution < -0.4 is 0 Å². The van der Waals surface area contributed by atoms with Gasteiger partial charge in [0, 0.05) is 7.11 Å². The molecule has 0 saturated heterocycles. The summed E-state index contributed by atoms with van der Waals surface area (Å²) in [6.45, 7) is 0. The van der Waals surface area contributed by atoms with Crippen LogP contribution >= 0.6 is 0 Å². The van der Waals surface area contributed by atoms with Crippen molar-refractivity contribution < 1.29 is 49.2 Å². The van der Waals surface area contributed by atoms with Crippen LogP contribution in [-0.2, 0) is 14.2 Å². The Morgan fingerprint density at radius 3 is 1.53 bits per heavy atom. The van der Waals surface area contributed by atoms with Crippen molar-refractivity contribution in [2.24, 2.45) is 0 Å². The Morgan fingerprint density at radius 1 is 1.00 bits per heavy atom. The third-order valence-electron chi connectivity index (χ3n) is 1.59. The molecular formula is C5H3BF8O3. The third-order valence-corrected chi connectivity index (χ3v) is 1.59. The van der Waals surface area contributed by atoms with Crippen LogP contribution in [0.5, 0.6) is 0 Å². The zero-order valence-corrected chi connectivity index (χ0v) is 7.83. The first-order valence-electron chi connectivity index (χ1n) is 3.58. The van der Waals surface area contributed by atoms with Crippen molar-refractivity contribution in [2.75, 3.05) is 7.11 Å². The topological polar surface area (TPSA) is 35.5 Å². The van der Waals surface area contributed by atoms with E-state index in [2.05, 4.69) is 9.39 Å². The van der Waals surface area contributed by atoms with Crippen molar-refractivity contribution in [1.29, 1.82) is 0 Å². The minimum Gasteiger partial charge on any atom is -0.475 e. The van der Waals surface area contributed by atoms with E-state index in [1.165, 1.54) is 0 Å². The zero-order chi connectivity index (χ0) is 14.1. The van der Waals surface area contributed by atoms with Gasteiger partial charge in [-0.2, -0.15) is 26.3 Å². The van der Waals surface area contributed by atoms with Crippen LogP contribution in [0.4, 0.5) is 35.0 Å². The quantitative estimate of drug-likeness (QED) is 0.583. The molecule has 0 aliphatic rings. The highest BCUT2D eigenvalue weighted by Crippen LogP contribution is 2.46. The van der Waals surface area contributed by atoms with Crippen LogP contribution in [0.2, 0.25) is 0 Å². The number of halogens is 8. The molecular weight excluding hydrogens is 271 g/mol. The number of hydrogen-bond donors (Lipinski definition) is 0. The Hall–Kier alpha value is -1.07. The van der Waals surface area contributed by atoms with E-state index in [-0.39, 0.29) is 7.11 Å². The molecule has 0 aromatic heterocycles. The maximum Gasteiger partial charge on any atom is 0.798 e. The lowest BCUT2D eigenvalue weighted by Crippen LogP contribution is -2.64. The summed E-state index contributed by atoms with van der Waals surface area (Å²) in [6.07, 6.45) is -12.6. The summed E-state index contributed by atoms with van der Waals surface area (Å²) in [5, 5.41) is 0. The van der Waals surface area contributed by atoms with Gasteiger partial charge in [-0.1, -0.05) is 0 Å². The van der Waals surface area contributed by atoms with Crippen LogP contribution in [0.25, 0.3) is 0 Å². The molecule has 0 N–H and O–H groups in total. The molecule has 17 heavy (non-hydrogen) atoms. The highest BCUT2D eigenvalue weighted by Gasteiger charge is 2.78. The summed E-state index contributed by atoms with van der Waals surface area (Å²) in [6, 6.07) is 0. The first-order chi connectivity index (χ1) is 7.40. The van der Waals surface area contributed by atoms with Crippen LogP contribution in [0.15, 0.2) is 0 Å². The van der Waals surface area contributed by atoms with Crippen LogP contribution in [0.1, 0.15) is 0 Å². The van der Waals surface area contributed by atoms with Gasteiger partial charge in [-0.05, 0) is 0 Å². The average Bonchev–Trinajstić information content (AvgIpc) is 1.97. The summed E-state index contributed by atoms with van der Waals surface area (Å²) in [7, 11) is -4.24. The molecule has 12 heteroatoms. The largest absolute Gasteiger partial charge is 0.798 e. The van der Waals surface area contributed by atoms with E-state index in [1.54, 1.807) is 0 Å². The predicted octanol–water partition coefficient (Wildman–Crippen LogP) is 1.96. The SMILES string of the molecule is COC(C(=O)OB(F)F)(C(F)(F)F)C(F)(F)F. The van der Waals surface area contributed by atoms with Gasteiger partial charge < -0.3 is 9.39 Å². The first-order valence-corrected chi connectivity index (χ1v) is 3.58. The molecule has 0 bridgehead atoms. The van der Waals surface area contributed by atoms with Gasteiger partial charge in [0.15, 0.2) is 0 Å². The molecule has 0 aromatic rings. The molecule has 0 aliphatic heterocycles. The lowest BCUT2D eigenvalue weighted by molar-refractivity contribution is -0.361. The van der Waals surface area contributed by atoms with Crippen molar-refractivity contribution in [3.05, 3.63) is 0 Å². The number of rotatable bonds is 3. The van der Waals surface area contributed by atoms with Crippen LogP contribution in [0, 0.1) is 0 Å². The summed E-state index contributed by atoms with van der Waals surface area (Å²) in [4.78, 5) is 10.5. The van der Waals surface area contributed by atoms with Gasteiger partial charge in [-0.25, -0.2) is 13.4 Å². The number of alkyl halides is 6. The van der Waals surface area contributed by atoms with E-state index >= 15 is 0 Å². The fourth-order valence-corrected chi connectivity index (χ4v) is 0.871. The molecule has 3 nitrogen and oxygen atoms in total. The average molecular weight is 274 g/mol. The van der Waals surface area contributed by atoms with Crippen LogP contribution in [-0.4, -0.2) is 38.5 Å². The molecule has 100 valence electrons. The van der Waals surface area contributed by atoms with Crippen molar-refractivity contribution in [3.8, 4) is 0 Å². The van der Waals surface area contributed by atoms with Crippen molar-refractivity contribution >= 4 is 13.4 Å². The van der Waals surface area contributed by atoms with Gasteiger partial charge in [0.1, 0.15) is 0 Å². The maximum atomic E-state index is 12.2. The number of carbonyl (C=O) groups excluding carboxylic acids is 1. The van der Waals surface area contributed by atoms with E-state index in [0.717, 1.165) is 0 Å². The molecule has 0 radical (unpaired) electrons. The monoisotopic (exact) mass is 274 g/mol. The Labute approximate surface area is 88.9 Å². The van der Waals surface area contributed by atoms with E-state index in [4.69, 9.17) is 0 Å². The second kappa shape index (κ2) is 4.66. The van der Waals surface area contributed by atoms with Gasteiger partial charge >= 0.3 is 31.4 Å². The van der Waals surface area contributed by atoms with E-state index in [0.29, 0.717) is 0 Å². The molecule has 0 atom stereocenters. The standard InChI is InChI=1S/C5H3BF8O3/c1-16-3(4(7,8)9,5(10,11)12)2(15)17-6(13)14/h1H3. The fraction of sp³-hybridized carbons (Fsp3) is 0.800. The van der Waals surface area contributed by atoms with E-state index < -0.39 is 31.4 Å². The number of ether oxygens (including phenoxy) is 1. The van der Waals surface area contributed by atoms with Gasteiger partial charge in [-0.3, -0.25) is 0 Å². The van der Waals surface area contributed by atoms with Gasteiger partial charge in [0.25, 0.3) is 0 Å². The van der Waals surface area contributed by atoms with Crippen molar-refractivity contribution in [3.63, 3.8) is 0 Å². The highest BCUT2D eigenvalue weighted by molar-refractivity contribution is 6.37. The minimum atomic E-state index is -6.30. The Morgan fingerprint density at radius 2 is 1.35 bits per heavy atom. The van der Waals surface area contributed by atoms with Gasteiger partial charge in [-0.15, -0.1) is 0 Å². The second-order valence-corrected chi connectivity index (χ2v) is 2.55. The fourth-order valence-electron chi connectivity index (χ4n) is 0.871. The smallest absolute Gasteiger partial charge is 0.475 e. The number of hydrogen-bond acceptors (Lipinski definition) is 3. The number of carbonyl (C=O) groups is 1. The molecule has 0 fully saturated rings. The highest BCUT2D eigenvalue weighted by atomic mass is 19.4. The Bertz CT molecular complexity index is 270. The summed E-state index contributed by atoms with van der Waals surface area (Å²) in [5.41, 5.74) is -5.43. The second-order valence-electron chi connectivity index (χ2n) is 2.55. The molecule has 0 aromatic carbocycles. The Kier molecular flexibility index (Phi) is 4.37. The molecule has 0 unspecified atom stereocenters. The number of methoxy groups -OCH3 is 1. The van der Waals surface area contributed by atoms with Gasteiger partial charge in [0.2, 0.25) is 0 Å². The summed E-state index contributed by atoms with van der Waals surface area (Å²) >= 11 is 0. The normalized spacial score (nSPS) is 13.5. The maximum absolute atomic E-state index is 12.2. The first kappa shape index (κ1) is 15.9. The van der Waals surface area contributed by atoms with Crippen LogP contribution in [0.3, 0.4) is 0 Å². The summed E-state index contributed by atoms with van der Waals surface area (Å²) < 4.78 is 102. The molecule has 0 aliphatic carbocycles. The zero-order valence-electron chi connectivity index (χ0n) is 7.83. The van der Waals surface area contributed by atoms with Crippen molar-refractivity contribution in [1.82, 2.24) is 0 Å². The minimum absolute atomic E-state index is 0.103. The van der Waals surface area contributed by atoms with Crippen molar-refractivity contribution in [2.45, 2.75) is 18.0 Å². The van der Waals surface area contributed by atoms with Gasteiger partial charge in [0.05, 0.1) is 0 Å². The molecule has 0 amide bonds. The summed E-state index contributed by atoms with van der Waals surface area (Å²) in [5.74, 6) is -3.28. The van der Waals surface area contributed by atoms with E-state index in [9.17, 15) is 39.8 Å². The lowest BCUT2D eigenvalue weighted by Gasteiger charge is -2.33.